The summed E-state index contributed by atoms with van der Waals surface area (Å²) in [6.45, 7) is 0.309. The van der Waals surface area contributed by atoms with Crippen LogP contribution in [0.4, 0.5) is 8.78 Å². The van der Waals surface area contributed by atoms with Gasteiger partial charge in [0, 0.05) is 0 Å². The summed E-state index contributed by atoms with van der Waals surface area (Å²) in [5.41, 5.74) is -1.23. The number of halogens is 2. The second kappa shape index (κ2) is 6.65. The summed E-state index contributed by atoms with van der Waals surface area (Å²) in [6.07, 6.45) is 0.928. The van der Waals surface area contributed by atoms with E-state index in [4.69, 9.17) is 0 Å². The molecule has 0 saturated carbocycles. The van der Waals surface area contributed by atoms with Crippen LogP contribution in [-0.4, -0.2) is 22.8 Å². The summed E-state index contributed by atoms with van der Waals surface area (Å²) in [5, 5.41) is 19.6. The molecule has 112 valence electrons. The Morgan fingerprint density at radius 2 is 1.90 bits per heavy atom. The van der Waals surface area contributed by atoms with Crippen molar-refractivity contribution in [1.29, 1.82) is 0 Å². The summed E-state index contributed by atoms with van der Waals surface area (Å²) in [4.78, 5) is 11.2. The second-order valence-electron chi connectivity index (χ2n) is 4.73. The lowest BCUT2D eigenvalue weighted by Gasteiger charge is -2.30. The topological polar surface area (TPSA) is 66.8 Å². The zero-order chi connectivity index (χ0) is 15.3. The summed E-state index contributed by atoms with van der Waals surface area (Å²) in [5.74, 6) is -2.10. The molecule has 0 heterocycles. The molecule has 1 aromatic carbocycles. The highest BCUT2D eigenvalue weighted by Crippen LogP contribution is 2.33. The second-order valence-corrected chi connectivity index (χ2v) is 4.73. The van der Waals surface area contributed by atoms with Gasteiger partial charge < -0.3 is 14.9 Å². The number of hydrogen-bond donors (Lipinski definition) is 2. The molecule has 1 rings (SSSR count). The average molecular weight is 288 g/mol. The highest BCUT2D eigenvalue weighted by molar-refractivity contribution is 5.72. The molecule has 20 heavy (non-hydrogen) atoms. The SMILES string of the molecule is CCCC(C(=O)O)C(C)(O)c1ccc(OC(F)F)cc1. The van der Waals surface area contributed by atoms with E-state index in [-0.39, 0.29) is 5.75 Å². The Kier molecular flexibility index (Phi) is 5.44. The summed E-state index contributed by atoms with van der Waals surface area (Å²) < 4.78 is 28.3. The van der Waals surface area contributed by atoms with Crippen LogP contribution >= 0.6 is 0 Å². The lowest BCUT2D eigenvalue weighted by atomic mass is 9.80. The lowest BCUT2D eigenvalue weighted by Crippen LogP contribution is -2.37. The van der Waals surface area contributed by atoms with Crippen LogP contribution in [0.2, 0.25) is 0 Å². The molecule has 0 aliphatic carbocycles. The van der Waals surface area contributed by atoms with Gasteiger partial charge in [0.2, 0.25) is 0 Å². The molecule has 1 aromatic rings. The van der Waals surface area contributed by atoms with Crippen LogP contribution in [-0.2, 0) is 10.4 Å². The third kappa shape index (κ3) is 3.90. The van der Waals surface area contributed by atoms with Gasteiger partial charge >= 0.3 is 12.6 Å². The maximum absolute atomic E-state index is 12.0. The van der Waals surface area contributed by atoms with E-state index in [2.05, 4.69) is 4.74 Å². The largest absolute Gasteiger partial charge is 0.481 e. The van der Waals surface area contributed by atoms with Gasteiger partial charge in [-0.15, -0.1) is 0 Å². The van der Waals surface area contributed by atoms with Crippen molar-refractivity contribution in [3.8, 4) is 5.75 Å². The average Bonchev–Trinajstić information content (AvgIpc) is 2.35. The van der Waals surface area contributed by atoms with Gasteiger partial charge in [-0.05, 0) is 31.0 Å². The van der Waals surface area contributed by atoms with Crippen molar-refractivity contribution in [2.75, 3.05) is 0 Å². The maximum Gasteiger partial charge on any atom is 0.387 e. The van der Waals surface area contributed by atoms with Gasteiger partial charge in [-0.3, -0.25) is 4.79 Å². The number of alkyl halides is 2. The van der Waals surface area contributed by atoms with Crippen molar-refractivity contribution in [3.63, 3.8) is 0 Å². The lowest BCUT2D eigenvalue weighted by molar-refractivity contribution is -0.152. The summed E-state index contributed by atoms with van der Waals surface area (Å²) in [7, 11) is 0. The van der Waals surface area contributed by atoms with Gasteiger partial charge in [0.15, 0.2) is 0 Å². The van der Waals surface area contributed by atoms with Crippen LogP contribution in [0.3, 0.4) is 0 Å². The molecule has 0 amide bonds. The Bertz CT molecular complexity index is 443. The Labute approximate surface area is 116 Å². The molecule has 0 bridgehead atoms. The number of carboxylic acid groups (broad SMARTS) is 1. The van der Waals surface area contributed by atoms with Crippen LogP contribution in [0.5, 0.6) is 5.75 Å². The molecule has 2 unspecified atom stereocenters. The molecule has 0 aliphatic heterocycles. The maximum atomic E-state index is 12.0. The molecule has 0 radical (unpaired) electrons. The van der Waals surface area contributed by atoms with Gasteiger partial charge in [0.1, 0.15) is 11.4 Å². The number of carbonyl (C=O) groups is 1. The fourth-order valence-electron chi connectivity index (χ4n) is 2.11. The van der Waals surface area contributed by atoms with Crippen LogP contribution in [0, 0.1) is 5.92 Å². The first-order chi connectivity index (χ1) is 9.28. The van der Waals surface area contributed by atoms with E-state index in [0.29, 0.717) is 18.4 Å². The van der Waals surface area contributed by atoms with Crippen molar-refractivity contribution in [1.82, 2.24) is 0 Å². The molecule has 2 atom stereocenters. The molecule has 0 spiro atoms. The number of rotatable bonds is 7. The Balaban J connectivity index is 2.98. The van der Waals surface area contributed by atoms with E-state index in [1.807, 2.05) is 6.92 Å². The standard InChI is InChI=1S/C14H18F2O4/c1-3-4-11(12(17)18)14(2,19)9-5-7-10(8-6-9)20-13(15)16/h5-8,11,13,19H,3-4H2,1-2H3,(H,17,18). The third-order valence-electron chi connectivity index (χ3n) is 3.22. The summed E-state index contributed by atoms with van der Waals surface area (Å²) >= 11 is 0. The Morgan fingerprint density at radius 1 is 1.35 bits per heavy atom. The van der Waals surface area contributed by atoms with Gasteiger partial charge in [-0.25, -0.2) is 0 Å². The van der Waals surface area contributed by atoms with E-state index in [9.17, 15) is 23.8 Å². The number of carboxylic acids is 1. The Morgan fingerprint density at radius 3 is 2.30 bits per heavy atom. The molecule has 0 fully saturated rings. The van der Waals surface area contributed by atoms with Crippen molar-refractivity contribution in [2.24, 2.45) is 5.92 Å². The molecule has 4 nitrogen and oxygen atoms in total. The quantitative estimate of drug-likeness (QED) is 0.809. The molecule has 0 aromatic heterocycles. The van der Waals surface area contributed by atoms with Gasteiger partial charge in [0.25, 0.3) is 0 Å². The molecule has 2 N–H and O–H groups in total. The number of aliphatic hydroxyl groups is 1. The van der Waals surface area contributed by atoms with E-state index in [1.54, 1.807) is 0 Å². The fourth-order valence-corrected chi connectivity index (χ4v) is 2.11. The van der Waals surface area contributed by atoms with Crippen LogP contribution < -0.4 is 4.74 Å². The normalized spacial score (nSPS) is 15.7. The highest BCUT2D eigenvalue weighted by atomic mass is 19.3. The monoisotopic (exact) mass is 288 g/mol. The number of benzene rings is 1. The van der Waals surface area contributed by atoms with E-state index in [1.165, 1.54) is 31.2 Å². The van der Waals surface area contributed by atoms with Gasteiger partial charge in [-0.1, -0.05) is 25.5 Å². The number of aliphatic carboxylic acids is 1. The number of ether oxygens (including phenoxy) is 1. The zero-order valence-electron chi connectivity index (χ0n) is 11.3. The minimum Gasteiger partial charge on any atom is -0.481 e. The first kappa shape index (κ1) is 16.4. The minimum absolute atomic E-state index is 0.0399. The molecular formula is C14H18F2O4. The molecule has 0 aliphatic rings. The van der Waals surface area contributed by atoms with Gasteiger partial charge in [0.05, 0.1) is 5.92 Å². The third-order valence-corrected chi connectivity index (χ3v) is 3.22. The molecule has 6 heteroatoms. The van der Waals surface area contributed by atoms with Crippen LogP contribution in [0.25, 0.3) is 0 Å². The highest BCUT2D eigenvalue weighted by Gasteiger charge is 2.38. The minimum atomic E-state index is -2.92. The molecular weight excluding hydrogens is 270 g/mol. The Hall–Kier alpha value is -1.69. The van der Waals surface area contributed by atoms with Crippen molar-refractivity contribution >= 4 is 5.97 Å². The first-order valence-electron chi connectivity index (χ1n) is 6.29. The first-order valence-corrected chi connectivity index (χ1v) is 6.29. The van der Waals surface area contributed by atoms with E-state index < -0.39 is 24.1 Å². The van der Waals surface area contributed by atoms with E-state index >= 15 is 0 Å². The predicted octanol–water partition coefficient (Wildman–Crippen LogP) is 3.00. The van der Waals surface area contributed by atoms with Crippen molar-refractivity contribution in [2.45, 2.75) is 38.9 Å². The zero-order valence-corrected chi connectivity index (χ0v) is 11.3. The van der Waals surface area contributed by atoms with E-state index in [0.717, 1.165) is 0 Å². The van der Waals surface area contributed by atoms with Crippen molar-refractivity contribution in [3.05, 3.63) is 29.8 Å². The van der Waals surface area contributed by atoms with Gasteiger partial charge in [-0.2, -0.15) is 8.78 Å². The molecule has 0 saturated heterocycles. The predicted molar refractivity (Wildman–Crippen MR) is 68.7 cm³/mol. The summed E-state index contributed by atoms with van der Waals surface area (Å²) in [6, 6.07) is 5.34. The smallest absolute Gasteiger partial charge is 0.387 e. The van der Waals surface area contributed by atoms with Crippen molar-refractivity contribution < 1.29 is 28.5 Å². The van der Waals surface area contributed by atoms with Crippen LogP contribution in [0.15, 0.2) is 24.3 Å². The fraction of sp³-hybridized carbons (Fsp3) is 0.500. The number of hydrogen-bond acceptors (Lipinski definition) is 3. The van der Waals surface area contributed by atoms with Crippen LogP contribution in [0.1, 0.15) is 32.3 Å².